The van der Waals surface area contributed by atoms with Gasteiger partial charge in [-0.25, -0.2) is 0 Å². The fraction of sp³-hybridized carbons (Fsp3) is 0.111. The van der Waals surface area contributed by atoms with Gasteiger partial charge in [0.1, 0.15) is 0 Å². The molecular weight excluding hydrogens is 232 g/mol. The first-order chi connectivity index (χ1) is 7.11. The summed E-state index contributed by atoms with van der Waals surface area (Å²) in [5, 5.41) is 6.71. The highest BCUT2D eigenvalue weighted by Crippen LogP contribution is 2.12. The van der Waals surface area contributed by atoms with Crippen molar-refractivity contribution in [2.75, 3.05) is 12.4 Å². The SMILES string of the molecule is CN=C(N)NC(=S)Nc1ccc(Cl)cc1. The van der Waals surface area contributed by atoms with E-state index in [4.69, 9.17) is 29.6 Å². The highest BCUT2D eigenvalue weighted by molar-refractivity contribution is 7.80. The molecule has 0 aliphatic rings. The predicted octanol–water partition coefficient (Wildman–Crippen LogP) is 1.57. The standard InChI is InChI=1S/C9H11ClN4S/c1-12-8(11)14-9(15)13-7-4-2-6(10)3-5-7/h2-5H,1H3,(H4,11,12,13,14,15). The predicted molar refractivity (Wildman–Crippen MR) is 68.4 cm³/mol. The number of thiocarbonyl (C=S) groups is 1. The first-order valence-electron chi connectivity index (χ1n) is 4.17. The summed E-state index contributed by atoms with van der Waals surface area (Å²) >= 11 is 10.7. The molecule has 15 heavy (non-hydrogen) atoms. The Bertz CT molecular complexity index is 374. The molecule has 0 saturated carbocycles. The molecule has 0 fully saturated rings. The maximum absolute atomic E-state index is 5.74. The number of nitrogens with zero attached hydrogens (tertiary/aromatic N) is 1. The molecule has 0 aromatic heterocycles. The van der Waals surface area contributed by atoms with E-state index in [0.29, 0.717) is 10.1 Å². The summed E-state index contributed by atoms with van der Waals surface area (Å²) in [7, 11) is 1.58. The molecule has 1 aromatic carbocycles. The normalized spacial score (nSPS) is 10.9. The molecule has 6 heteroatoms. The van der Waals surface area contributed by atoms with Gasteiger partial charge in [-0.05, 0) is 36.5 Å². The Morgan fingerprint density at radius 1 is 1.40 bits per heavy atom. The molecule has 4 nitrogen and oxygen atoms in total. The van der Waals surface area contributed by atoms with Crippen molar-refractivity contribution in [2.45, 2.75) is 0 Å². The van der Waals surface area contributed by atoms with Gasteiger partial charge in [0.05, 0.1) is 0 Å². The lowest BCUT2D eigenvalue weighted by Crippen LogP contribution is -2.39. The number of guanidine groups is 1. The van der Waals surface area contributed by atoms with Gasteiger partial charge in [0.25, 0.3) is 0 Å². The van der Waals surface area contributed by atoms with Crippen LogP contribution in [0, 0.1) is 0 Å². The number of benzene rings is 1. The Morgan fingerprint density at radius 2 is 2.00 bits per heavy atom. The van der Waals surface area contributed by atoms with Gasteiger partial charge in [0, 0.05) is 17.8 Å². The zero-order valence-electron chi connectivity index (χ0n) is 8.12. The minimum Gasteiger partial charge on any atom is -0.370 e. The quantitative estimate of drug-likeness (QED) is 0.398. The molecule has 0 bridgehead atoms. The third kappa shape index (κ3) is 4.14. The molecule has 0 atom stereocenters. The fourth-order valence-electron chi connectivity index (χ4n) is 0.868. The topological polar surface area (TPSA) is 62.4 Å². The van der Waals surface area contributed by atoms with Crippen molar-refractivity contribution in [2.24, 2.45) is 10.7 Å². The van der Waals surface area contributed by atoms with Gasteiger partial charge in [0.2, 0.25) is 0 Å². The van der Waals surface area contributed by atoms with Crippen LogP contribution >= 0.6 is 23.8 Å². The van der Waals surface area contributed by atoms with E-state index in [0.717, 1.165) is 5.69 Å². The van der Waals surface area contributed by atoms with Crippen LogP contribution in [0.3, 0.4) is 0 Å². The Balaban J connectivity index is 2.55. The first-order valence-corrected chi connectivity index (χ1v) is 4.96. The van der Waals surface area contributed by atoms with Gasteiger partial charge in [0.15, 0.2) is 11.1 Å². The number of nitrogens with one attached hydrogen (secondary N) is 2. The number of rotatable bonds is 1. The highest BCUT2D eigenvalue weighted by atomic mass is 35.5. The molecule has 4 N–H and O–H groups in total. The first kappa shape index (κ1) is 11.7. The summed E-state index contributed by atoms with van der Waals surface area (Å²) in [6.07, 6.45) is 0. The number of hydrogen-bond acceptors (Lipinski definition) is 2. The molecule has 0 radical (unpaired) electrons. The maximum atomic E-state index is 5.74. The van der Waals surface area contributed by atoms with Crippen LogP contribution in [0.5, 0.6) is 0 Å². The largest absolute Gasteiger partial charge is 0.370 e. The van der Waals surface area contributed by atoms with E-state index in [-0.39, 0.29) is 5.96 Å². The molecule has 1 aromatic rings. The molecule has 1 rings (SSSR count). The Morgan fingerprint density at radius 3 is 2.53 bits per heavy atom. The lowest BCUT2D eigenvalue weighted by molar-refractivity contribution is 1.26. The minimum atomic E-state index is 0.265. The molecule has 0 heterocycles. The van der Waals surface area contributed by atoms with E-state index in [1.54, 1.807) is 19.2 Å². The number of aliphatic imine (C=N–C) groups is 1. The van der Waals surface area contributed by atoms with Crippen LogP contribution in [-0.4, -0.2) is 18.1 Å². The van der Waals surface area contributed by atoms with Crippen molar-refractivity contribution >= 4 is 40.6 Å². The van der Waals surface area contributed by atoms with Crippen LogP contribution in [-0.2, 0) is 0 Å². The second-order valence-electron chi connectivity index (χ2n) is 2.69. The molecule has 0 spiro atoms. The zero-order valence-corrected chi connectivity index (χ0v) is 9.69. The molecule has 0 aliphatic carbocycles. The van der Waals surface area contributed by atoms with E-state index in [9.17, 15) is 0 Å². The average molecular weight is 243 g/mol. The van der Waals surface area contributed by atoms with Crippen molar-refractivity contribution in [1.29, 1.82) is 0 Å². The van der Waals surface area contributed by atoms with Gasteiger partial charge in [-0.1, -0.05) is 11.6 Å². The second kappa shape index (κ2) is 5.53. The lowest BCUT2D eigenvalue weighted by Gasteiger charge is -2.09. The van der Waals surface area contributed by atoms with E-state index < -0.39 is 0 Å². The Labute approximate surface area is 98.5 Å². The second-order valence-corrected chi connectivity index (χ2v) is 3.54. The van der Waals surface area contributed by atoms with Crippen LogP contribution < -0.4 is 16.4 Å². The van der Waals surface area contributed by atoms with Gasteiger partial charge in [-0.3, -0.25) is 4.99 Å². The van der Waals surface area contributed by atoms with Crippen LogP contribution in [0.15, 0.2) is 29.3 Å². The van der Waals surface area contributed by atoms with E-state index >= 15 is 0 Å². The molecule has 0 saturated heterocycles. The third-order valence-corrected chi connectivity index (χ3v) is 2.04. The fourth-order valence-corrected chi connectivity index (χ4v) is 1.22. The smallest absolute Gasteiger partial charge is 0.194 e. The van der Waals surface area contributed by atoms with Crippen molar-refractivity contribution in [3.63, 3.8) is 0 Å². The number of hydrogen-bond donors (Lipinski definition) is 3. The van der Waals surface area contributed by atoms with E-state index in [1.807, 2.05) is 12.1 Å². The monoisotopic (exact) mass is 242 g/mol. The van der Waals surface area contributed by atoms with Gasteiger partial charge >= 0.3 is 0 Å². The van der Waals surface area contributed by atoms with Crippen LogP contribution in [0.25, 0.3) is 0 Å². The van der Waals surface area contributed by atoms with E-state index in [2.05, 4.69) is 15.6 Å². The summed E-state index contributed by atoms with van der Waals surface area (Å²) in [6.45, 7) is 0. The summed E-state index contributed by atoms with van der Waals surface area (Å²) in [5.41, 5.74) is 6.28. The van der Waals surface area contributed by atoms with Gasteiger partial charge in [-0.15, -0.1) is 0 Å². The minimum absolute atomic E-state index is 0.265. The van der Waals surface area contributed by atoms with Gasteiger partial charge in [-0.2, -0.15) is 0 Å². The zero-order chi connectivity index (χ0) is 11.3. The molecule has 80 valence electrons. The van der Waals surface area contributed by atoms with Crippen molar-refractivity contribution < 1.29 is 0 Å². The van der Waals surface area contributed by atoms with Crippen LogP contribution in [0.4, 0.5) is 5.69 Å². The highest BCUT2D eigenvalue weighted by Gasteiger charge is 1.98. The molecule has 0 amide bonds. The van der Waals surface area contributed by atoms with Crippen LogP contribution in [0.2, 0.25) is 5.02 Å². The summed E-state index contributed by atoms with van der Waals surface area (Å²) in [5.74, 6) is 0.265. The van der Waals surface area contributed by atoms with Gasteiger partial charge < -0.3 is 16.4 Å². The summed E-state index contributed by atoms with van der Waals surface area (Å²) in [4.78, 5) is 3.72. The molecule has 0 aliphatic heterocycles. The number of halogens is 1. The Hall–Kier alpha value is -1.33. The summed E-state index contributed by atoms with van der Waals surface area (Å²) in [6, 6.07) is 7.17. The maximum Gasteiger partial charge on any atom is 0.194 e. The molecule has 0 unspecified atom stereocenters. The van der Waals surface area contributed by atoms with Crippen molar-refractivity contribution in [1.82, 2.24) is 5.32 Å². The number of nitrogens with two attached hydrogens (primary N) is 1. The third-order valence-electron chi connectivity index (χ3n) is 1.58. The van der Waals surface area contributed by atoms with E-state index in [1.165, 1.54) is 0 Å². The van der Waals surface area contributed by atoms with Crippen molar-refractivity contribution in [3.05, 3.63) is 29.3 Å². The average Bonchev–Trinajstić information content (AvgIpc) is 2.21. The van der Waals surface area contributed by atoms with Crippen LogP contribution in [0.1, 0.15) is 0 Å². The number of anilines is 1. The lowest BCUT2D eigenvalue weighted by atomic mass is 10.3. The molecular formula is C9H11ClN4S. The van der Waals surface area contributed by atoms with Crippen molar-refractivity contribution in [3.8, 4) is 0 Å². The Kier molecular flexibility index (Phi) is 4.33. The summed E-state index contributed by atoms with van der Waals surface area (Å²) < 4.78 is 0.